The first kappa shape index (κ1) is 16.7. The van der Waals surface area contributed by atoms with E-state index in [1.807, 2.05) is 18.2 Å². The lowest BCUT2D eigenvalue weighted by Gasteiger charge is -2.21. The number of hydrogen-bond acceptors (Lipinski definition) is 5. The van der Waals surface area contributed by atoms with E-state index in [2.05, 4.69) is 5.32 Å². The van der Waals surface area contributed by atoms with Crippen molar-refractivity contribution in [1.82, 2.24) is 4.90 Å². The van der Waals surface area contributed by atoms with Gasteiger partial charge >= 0.3 is 12.0 Å². The van der Waals surface area contributed by atoms with Gasteiger partial charge in [-0.1, -0.05) is 0 Å². The van der Waals surface area contributed by atoms with E-state index in [-0.39, 0.29) is 24.6 Å². The number of ether oxygens (including phenoxy) is 1. The van der Waals surface area contributed by atoms with E-state index in [4.69, 9.17) is 9.84 Å². The third-order valence-corrected chi connectivity index (χ3v) is 4.93. The summed E-state index contributed by atoms with van der Waals surface area (Å²) in [6, 6.07) is 7.35. The normalized spacial score (nSPS) is 13.8. The predicted octanol–water partition coefficient (Wildman–Crippen LogP) is 3.07. The Bertz CT molecular complexity index is 754. The van der Waals surface area contributed by atoms with E-state index in [1.54, 1.807) is 17.9 Å². The highest BCUT2D eigenvalue weighted by atomic mass is 32.1. The van der Waals surface area contributed by atoms with Crippen molar-refractivity contribution in [3.8, 4) is 0 Å². The number of thiophene rings is 1. The molecule has 24 heavy (non-hydrogen) atoms. The van der Waals surface area contributed by atoms with Gasteiger partial charge in [-0.3, -0.25) is 0 Å². The summed E-state index contributed by atoms with van der Waals surface area (Å²) in [5, 5.41) is 12.9. The molecule has 0 spiro atoms. The number of aliphatic hydroxyl groups is 1. The van der Waals surface area contributed by atoms with Crippen molar-refractivity contribution in [3.63, 3.8) is 0 Å². The highest BCUT2D eigenvalue weighted by molar-refractivity contribution is 7.20. The molecule has 1 saturated carbocycles. The maximum atomic E-state index is 12.4. The molecule has 2 amide bonds. The number of nitrogens with one attached hydrogen (secondary N) is 1. The second kappa shape index (κ2) is 7.19. The molecule has 3 rings (SSSR count). The van der Waals surface area contributed by atoms with E-state index < -0.39 is 0 Å². The summed E-state index contributed by atoms with van der Waals surface area (Å²) in [5.41, 5.74) is 0.671. The number of benzene rings is 1. The van der Waals surface area contributed by atoms with Gasteiger partial charge in [-0.2, -0.15) is 0 Å². The second-order valence-corrected chi connectivity index (χ2v) is 6.75. The fourth-order valence-electron chi connectivity index (χ4n) is 2.56. The molecule has 2 aromatic rings. The Hall–Kier alpha value is -2.12. The third-order valence-electron chi connectivity index (χ3n) is 3.83. The summed E-state index contributed by atoms with van der Waals surface area (Å²) >= 11 is 1.37. The van der Waals surface area contributed by atoms with Gasteiger partial charge in [-0.25, -0.2) is 9.59 Å². The number of amides is 2. The molecule has 0 aliphatic heterocycles. The van der Waals surface area contributed by atoms with Gasteiger partial charge in [0.15, 0.2) is 0 Å². The zero-order valence-electron chi connectivity index (χ0n) is 13.4. The Kier molecular flexibility index (Phi) is 5.01. The Balaban J connectivity index is 1.75. The molecular weight excluding hydrogens is 328 g/mol. The molecule has 1 fully saturated rings. The second-order valence-electron chi connectivity index (χ2n) is 5.66. The number of esters is 1. The molecule has 0 saturated heterocycles. The molecule has 1 aliphatic carbocycles. The van der Waals surface area contributed by atoms with Gasteiger partial charge in [0.25, 0.3) is 0 Å². The van der Waals surface area contributed by atoms with Crippen LogP contribution in [-0.4, -0.2) is 47.8 Å². The maximum Gasteiger partial charge on any atom is 0.348 e. The average Bonchev–Trinajstić information content (AvgIpc) is 3.30. The number of rotatable bonds is 6. The van der Waals surface area contributed by atoms with Gasteiger partial charge in [0.05, 0.1) is 13.2 Å². The van der Waals surface area contributed by atoms with Gasteiger partial charge in [0, 0.05) is 23.0 Å². The highest BCUT2D eigenvalue weighted by Gasteiger charge is 2.32. The van der Waals surface area contributed by atoms with Gasteiger partial charge in [0.1, 0.15) is 4.88 Å². The molecule has 2 N–H and O–H groups in total. The van der Waals surface area contributed by atoms with Gasteiger partial charge in [-0.15, -0.1) is 11.3 Å². The molecule has 0 radical (unpaired) electrons. The smallest absolute Gasteiger partial charge is 0.348 e. The lowest BCUT2D eigenvalue weighted by molar-refractivity contribution is 0.0532. The predicted molar refractivity (Wildman–Crippen MR) is 93.6 cm³/mol. The van der Waals surface area contributed by atoms with Crippen LogP contribution in [0.4, 0.5) is 10.5 Å². The van der Waals surface area contributed by atoms with Crippen molar-refractivity contribution in [3.05, 3.63) is 29.1 Å². The number of carbonyl (C=O) groups excluding carboxylic acids is 2. The summed E-state index contributed by atoms with van der Waals surface area (Å²) in [5.74, 6) is -0.327. The molecule has 1 heterocycles. The fraction of sp³-hybridized carbons (Fsp3) is 0.412. The topological polar surface area (TPSA) is 78.9 Å². The van der Waals surface area contributed by atoms with Crippen LogP contribution in [-0.2, 0) is 4.74 Å². The van der Waals surface area contributed by atoms with E-state index in [0.717, 1.165) is 22.9 Å². The van der Waals surface area contributed by atoms with Crippen molar-refractivity contribution in [2.24, 2.45) is 0 Å². The Labute approximate surface area is 144 Å². The molecular formula is C17H20N2O4S. The summed E-state index contributed by atoms with van der Waals surface area (Å²) < 4.78 is 5.98. The van der Waals surface area contributed by atoms with Crippen molar-refractivity contribution in [1.29, 1.82) is 0 Å². The SMILES string of the molecule is CCOC(=O)c1cc2cc(NC(=O)N(CCO)C3CC3)ccc2s1. The minimum atomic E-state index is -0.327. The first-order chi connectivity index (χ1) is 11.6. The van der Waals surface area contributed by atoms with E-state index >= 15 is 0 Å². The first-order valence-electron chi connectivity index (χ1n) is 8.01. The van der Waals surface area contributed by atoms with Crippen LogP contribution >= 0.6 is 11.3 Å². The van der Waals surface area contributed by atoms with Crippen LogP contribution in [0, 0.1) is 0 Å². The number of anilines is 1. The summed E-state index contributed by atoms with van der Waals surface area (Å²) in [6.45, 7) is 2.41. The summed E-state index contributed by atoms with van der Waals surface area (Å²) in [6.07, 6.45) is 1.97. The summed E-state index contributed by atoms with van der Waals surface area (Å²) in [7, 11) is 0. The van der Waals surface area contributed by atoms with Crippen LogP contribution in [0.5, 0.6) is 0 Å². The van der Waals surface area contributed by atoms with Crippen molar-refractivity contribution < 1.29 is 19.4 Å². The number of urea groups is 1. The average molecular weight is 348 g/mol. The van der Waals surface area contributed by atoms with E-state index in [0.29, 0.717) is 23.7 Å². The Morgan fingerprint density at radius 1 is 1.38 bits per heavy atom. The largest absolute Gasteiger partial charge is 0.462 e. The molecule has 1 aliphatic rings. The third kappa shape index (κ3) is 3.68. The van der Waals surface area contributed by atoms with Crippen molar-refractivity contribution >= 4 is 39.1 Å². The summed E-state index contributed by atoms with van der Waals surface area (Å²) in [4.78, 5) is 26.4. The minimum Gasteiger partial charge on any atom is -0.462 e. The zero-order valence-corrected chi connectivity index (χ0v) is 14.3. The van der Waals surface area contributed by atoms with Crippen molar-refractivity contribution in [2.75, 3.05) is 25.1 Å². The van der Waals surface area contributed by atoms with Crippen LogP contribution in [0.2, 0.25) is 0 Å². The van der Waals surface area contributed by atoms with Gasteiger partial charge < -0.3 is 20.1 Å². The van der Waals surface area contributed by atoms with E-state index in [1.165, 1.54) is 11.3 Å². The Morgan fingerprint density at radius 2 is 2.17 bits per heavy atom. The highest BCUT2D eigenvalue weighted by Crippen LogP contribution is 2.30. The molecule has 1 aromatic carbocycles. The standard InChI is InChI=1S/C17H20N2O4S/c1-2-23-16(21)15-10-11-9-12(3-6-14(11)24-15)18-17(22)19(7-8-20)13-4-5-13/h3,6,9-10,13,20H,2,4-5,7-8H2,1H3,(H,18,22). The zero-order chi connectivity index (χ0) is 17.1. The molecule has 0 unspecified atom stereocenters. The van der Waals surface area contributed by atoms with Crippen LogP contribution in [0.15, 0.2) is 24.3 Å². The number of fused-ring (bicyclic) bond motifs is 1. The van der Waals surface area contributed by atoms with Crippen LogP contribution in [0.25, 0.3) is 10.1 Å². The lowest BCUT2D eigenvalue weighted by Crippen LogP contribution is -2.38. The molecule has 128 valence electrons. The van der Waals surface area contributed by atoms with Crippen LogP contribution in [0.1, 0.15) is 29.4 Å². The van der Waals surface area contributed by atoms with Crippen LogP contribution < -0.4 is 5.32 Å². The quantitative estimate of drug-likeness (QED) is 0.787. The minimum absolute atomic E-state index is 0.0453. The molecule has 7 heteroatoms. The van der Waals surface area contributed by atoms with Gasteiger partial charge in [0.2, 0.25) is 0 Å². The number of aliphatic hydroxyl groups excluding tert-OH is 1. The molecule has 1 aromatic heterocycles. The van der Waals surface area contributed by atoms with Crippen LogP contribution in [0.3, 0.4) is 0 Å². The lowest BCUT2D eigenvalue weighted by atomic mass is 10.2. The maximum absolute atomic E-state index is 12.4. The van der Waals surface area contributed by atoms with E-state index in [9.17, 15) is 9.59 Å². The number of nitrogens with zero attached hydrogens (tertiary/aromatic N) is 1. The first-order valence-corrected chi connectivity index (χ1v) is 8.83. The molecule has 6 nitrogen and oxygen atoms in total. The monoisotopic (exact) mass is 348 g/mol. The number of carbonyl (C=O) groups is 2. The fourth-order valence-corrected chi connectivity index (χ4v) is 3.50. The Morgan fingerprint density at radius 3 is 2.83 bits per heavy atom. The van der Waals surface area contributed by atoms with Gasteiger partial charge in [-0.05, 0) is 49.4 Å². The number of hydrogen-bond donors (Lipinski definition) is 2. The molecule has 0 atom stereocenters. The van der Waals surface area contributed by atoms with Crippen molar-refractivity contribution in [2.45, 2.75) is 25.8 Å². The molecule has 0 bridgehead atoms.